The number of aryl methyl sites for hydroxylation is 2. The molecule has 0 aliphatic carbocycles. The number of carboxylic acids is 1. The number of hydrogen-bond acceptors (Lipinski definition) is 4. The first-order valence-electron chi connectivity index (χ1n) is 9.92. The lowest BCUT2D eigenvalue weighted by molar-refractivity contribution is -0.119. The highest BCUT2D eigenvalue weighted by Crippen LogP contribution is 2.24. The lowest BCUT2D eigenvalue weighted by Crippen LogP contribution is -2.40. The zero-order valence-corrected chi connectivity index (χ0v) is 18.6. The number of sulfonamides is 1. The second kappa shape index (κ2) is 9.65. The van der Waals surface area contributed by atoms with Gasteiger partial charge >= 0.3 is 5.97 Å². The Morgan fingerprint density at radius 2 is 1.59 bits per heavy atom. The third-order valence-corrected chi connectivity index (χ3v) is 6.64. The van der Waals surface area contributed by atoms with Crippen LogP contribution in [-0.2, 0) is 21.4 Å². The van der Waals surface area contributed by atoms with Gasteiger partial charge in [0.2, 0.25) is 5.91 Å². The number of aromatic carboxylic acids is 1. The van der Waals surface area contributed by atoms with Crippen molar-refractivity contribution >= 4 is 27.6 Å². The van der Waals surface area contributed by atoms with Crippen LogP contribution in [0.4, 0.5) is 5.69 Å². The molecule has 0 spiro atoms. The van der Waals surface area contributed by atoms with Crippen molar-refractivity contribution in [2.24, 2.45) is 0 Å². The van der Waals surface area contributed by atoms with Crippen LogP contribution in [0.2, 0.25) is 0 Å². The molecular weight excluding hydrogens is 428 g/mol. The van der Waals surface area contributed by atoms with Crippen molar-refractivity contribution in [3.8, 4) is 0 Å². The van der Waals surface area contributed by atoms with Gasteiger partial charge in [-0.15, -0.1) is 0 Å². The number of carbonyl (C=O) groups is 2. The van der Waals surface area contributed by atoms with Crippen molar-refractivity contribution in [1.29, 1.82) is 0 Å². The molecule has 0 bridgehead atoms. The van der Waals surface area contributed by atoms with Gasteiger partial charge in [0.15, 0.2) is 0 Å². The van der Waals surface area contributed by atoms with Gasteiger partial charge in [-0.3, -0.25) is 9.10 Å². The molecule has 0 heterocycles. The van der Waals surface area contributed by atoms with Crippen LogP contribution in [0.15, 0.2) is 77.7 Å². The number of benzene rings is 3. The minimum atomic E-state index is -3.99. The normalized spacial score (nSPS) is 11.1. The number of carbonyl (C=O) groups excluding carboxylic acids is 1. The number of nitrogens with zero attached hydrogens (tertiary/aromatic N) is 1. The molecule has 3 aromatic carbocycles. The predicted octanol–water partition coefficient (Wildman–Crippen LogP) is 3.51. The van der Waals surface area contributed by atoms with E-state index in [9.17, 15) is 18.0 Å². The summed E-state index contributed by atoms with van der Waals surface area (Å²) in [5.41, 5.74) is 2.88. The fourth-order valence-corrected chi connectivity index (χ4v) is 4.55. The molecule has 0 unspecified atom stereocenters. The maximum absolute atomic E-state index is 13.4. The lowest BCUT2D eigenvalue weighted by Gasteiger charge is -2.24. The Labute approximate surface area is 187 Å². The van der Waals surface area contributed by atoms with Crippen LogP contribution in [0.3, 0.4) is 0 Å². The maximum Gasteiger partial charge on any atom is 0.335 e. The smallest absolute Gasteiger partial charge is 0.335 e. The van der Waals surface area contributed by atoms with Gasteiger partial charge in [0.05, 0.1) is 16.1 Å². The van der Waals surface area contributed by atoms with Crippen LogP contribution in [0.25, 0.3) is 0 Å². The highest BCUT2D eigenvalue weighted by atomic mass is 32.2. The molecule has 0 aliphatic rings. The van der Waals surface area contributed by atoms with Gasteiger partial charge in [0.1, 0.15) is 6.54 Å². The summed E-state index contributed by atoms with van der Waals surface area (Å²) < 4.78 is 27.8. The monoisotopic (exact) mass is 452 g/mol. The van der Waals surface area contributed by atoms with Gasteiger partial charge in [0, 0.05) is 6.54 Å². The van der Waals surface area contributed by atoms with Crippen LogP contribution < -0.4 is 9.62 Å². The first-order chi connectivity index (χ1) is 15.2. The van der Waals surface area contributed by atoms with E-state index >= 15 is 0 Å². The molecule has 32 heavy (non-hydrogen) atoms. The van der Waals surface area contributed by atoms with Crippen molar-refractivity contribution in [3.05, 3.63) is 95.1 Å². The van der Waals surface area contributed by atoms with Crippen LogP contribution >= 0.6 is 0 Å². The minimum Gasteiger partial charge on any atom is -0.478 e. The Morgan fingerprint density at radius 1 is 0.906 bits per heavy atom. The fourth-order valence-electron chi connectivity index (χ4n) is 3.14. The Hall–Kier alpha value is -3.65. The van der Waals surface area contributed by atoms with Crippen molar-refractivity contribution in [2.75, 3.05) is 10.8 Å². The average molecular weight is 453 g/mol. The van der Waals surface area contributed by atoms with E-state index in [0.29, 0.717) is 11.3 Å². The van der Waals surface area contributed by atoms with E-state index in [0.717, 1.165) is 15.4 Å². The number of nitrogens with one attached hydrogen (secondary N) is 1. The highest BCUT2D eigenvalue weighted by Gasteiger charge is 2.27. The summed E-state index contributed by atoms with van der Waals surface area (Å²) in [5, 5.41) is 11.8. The summed E-state index contributed by atoms with van der Waals surface area (Å²) in [6.45, 7) is 3.36. The minimum absolute atomic E-state index is 0.0756. The molecule has 1 amide bonds. The fraction of sp³-hybridized carbons (Fsp3) is 0.167. The highest BCUT2D eigenvalue weighted by molar-refractivity contribution is 7.92. The van der Waals surface area contributed by atoms with E-state index in [-0.39, 0.29) is 17.0 Å². The molecule has 3 aromatic rings. The number of rotatable bonds is 8. The summed E-state index contributed by atoms with van der Waals surface area (Å²) in [5.74, 6) is -1.57. The van der Waals surface area contributed by atoms with Crippen LogP contribution in [0.1, 0.15) is 27.0 Å². The van der Waals surface area contributed by atoms with Crippen LogP contribution in [0, 0.1) is 13.8 Å². The van der Waals surface area contributed by atoms with E-state index in [4.69, 9.17) is 5.11 Å². The van der Waals surface area contributed by atoms with Crippen molar-refractivity contribution in [3.63, 3.8) is 0 Å². The quantitative estimate of drug-likeness (QED) is 0.544. The summed E-state index contributed by atoms with van der Waals surface area (Å²) in [6, 6.07) is 19.6. The molecule has 0 aromatic heterocycles. The molecule has 0 saturated heterocycles. The van der Waals surface area contributed by atoms with Crippen molar-refractivity contribution < 1.29 is 23.1 Å². The summed E-state index contributed by atoms with van der Waals surface area (Å²) >= 11 is 0. The second-order valence-corrected chi connectivity index (χ2v) is 9.31. The predicted molar refractivity (Wildman–Crippen MR) is 122 cm³/mol. The second-order valence-electron chi connectivity index (χ2n) is 7.45. The Morgan fingerprint density at radius 3 is 2.25 bits per heavy atom. The topological polar surface area (TPSA) is 104 Å². The van der Waals surface area contributed by atoms with Gasteiger partial charge < -0.3 is 10.4 Å². The molecule has 0 fully saturated rings. The molecular formula is C24H24N2O5S. The Balaban J connectivity index is 1.84. The van der Waals surface area contributed by atoms with E-state index in [1.165, 1.54) is 24.3 Å². The van der Waals surface area contributed by atoms with Crippen molar-refractivity contribution in [1.82, 2.24) is 5.32 Å². The third-order valence-electron chi connectivity index (χ3n) is 4.85. The summed E-state index contributed by atoms with van der Waals surface area (Å²) in [4.78, 5) is 23.9. The zero-order valence-electron chi connectivity index (χ0n) is 17.8. The van der Waals surface area contributed by atoms with Gasteiger partial charge in [-0.1, -0.05) is 42.0 Å². The van der Waals surface area contributed by atoms with E-state index in [1.54, 1.807) is 42.5 Å². The molecule has 7 nitrogen and oxygen atoms in total. The van der Waals surface area contributed by atoms with E-state index < -0.39 is 28.4 Å². The zero-order chi connectivity index (χ0) is 23.3. The standard InChI is InChI=1S/C24H24N2O5S/c1-17-9-11-22(12-10-17)32(30,31)26(21-8-3-5-18(2)13-21)16-23(27)25-15-19-6-4-7-20(14-19)24(28)29/h3-14H,15-16H2,1-2H3,(H,25,27)(H,28,29). The number of carboxylic acid groups (broad SMARTS) is 1. The number of hydrogen-bond donors (Lipinski definition) is 2. The van der Waals surface area contributed by atoms with Crippen LogP contribution in [0.5, 0.6) is 0 Å². The maximum atomic E-state index is 13.4. The van der Waals surface area contributed by atoms with Gasteiger partial charge in [-0.05, 0) is 61.4 Å². The third kappa shape index (κ3) is 5.53. The SMILES string of the molecule is Cc1ccc(S(=O)(=O)N(CC(=O)NCc2cccc(C(=O)O)c2)c2cccc(C)c2)cc1. The summed E-state index contributed by atoms with van der Waals surface area (Å²) in [6.07, 6.45) is 0. The molecule has 0 atom stereocenters. The van der Waals surface area contributed by atoms with E-state index in [1.807, 2.05) is 19.9 Å². The first-order valence-corrected chi connectivity index (χ1v) is 11.4. The summed E-state index contributed by atoms with van der Waals surface area (Å²) in [7, 11) is -3.99. The lowest BCUT2D eigenvalue weighted by atomic mass is 10.1. The molecule has 2 N–H and O–H groups in total. The van der Waals surface area contributed by atoms with E-state index in [2.05, 4.69) is 5.32 Å². The number of anilines is 1. The molecule has 0 aliphatic heterocycles. The van der Waals surface area contributed by atoms with Gasteiger partial charge in [-0.25, -0.2) is 13.2 Å². The van der Waals surface area contributed by atoms with Crippen molar-refractivity contribution in [2.45, 2.75) is 25.3 Å². The molecule has 0 saturated carbocycles. The molecule has 166 valence electrons. The average Bonchev–Trinajstić information content (AvgIpc) is 2.76. The Kier molecular flexibility index (Phi) is 6.95. The molecule has 8 heteroatoms. The van der Waals surface area contributed by atoms with Gasteiger partial charge in [0.25, 0.3) is 10.0 Å². The largest absolute Gasteiger partial charge is 0.478 e. The first kappa shape index (κ1) is 23.0. The Bertz CT molecular complexity index is 1240. The van der Waals surface area contributed by atoms with Gasteiger partial charge in [-0.2, -0.15) is 0 Å². The molecule has 3 rings (SSSR count). The van der Waals surface area contributed by atoms with Crippen LogP contribution in [-0.4, -0.2) is 31.9 Å². The number of amides is 1. The molecule has 0 radical (unpaired) electrons.